The summed E-state index contributed by atoms with van der Waals surface area (Å²) in [7, 11) is 1.90. The van der Waals surface area contributed by atoms with Gasteiger partial charge in [-0.25, -0.2) is 0 Å². The summed E-state index contributed by atoms with van der Waals surface area (Å²) in [5, 5.41) is 9.84. The van der Waals surface area contributed by atoms with Crippen molar-refractivity contribution in [2.24, 2.45) is 0 Å². The van der Waals surface area contributed by atoms with Crippen molar-refractivity contribution in [1.82, 2.24) is 4.90 Å². The zero-order valence-corrected chi connectivity index (χ0v) is 10.5. The predicted octanol–water partition coefficient (Wildman–Crippen LogP) is 2.15. The standard InChI is InChI=1S/C13H16F3NO2/c1-17-7-6-12(11(18)8-17)19-10-4-2-9(3-5-10)13(14,15)16/h2-5,11-12,18H,6-8H2,1H3/t11-,12-/m1/s1. The normalized spacial score (nSPS) is 25.3. The summed E-state index contributed by atoms with van der Waals surface area (Å²) in [5.74, 6) is 0.349. The lowest BCUT2D eigenvalue weighted by Gasteiger charge is -2.33. The molecule has 0 aliphatic carbocycles. The monoisotopic (exact) mass is 275 g/mol. The summed E-state index contributed by atoms with van der Waals surface area (Å²) in [6.07, 6.45) is -4.68. The molecule has 106 valence electrons. The van der Waals surface area contributed by atoms with Crippen molar-refractivity contribution in [2.75, 3.05) is 20.1 Å². The summed E-state index contributed by atoms with van der Waals surface area (Å²) < 4.78 is 42.7. The molecule has 1 N–H and O–H groups in total. The number of hydrogen-bond acceptors (Lipinski definition) is 3. The highest BCUT2D eigenvalue weighted by atomic mass is 19.4. The quantitative estimate of drug-likeness (QED) is 0.897. The lowest BCUT2D eigenvalue weighted by molar-refractivity contribution is -0.137. The van der Waals surface area contributed by atoms with Crippen LogP contribution < -0.4 is 4.74 Å². The zero-order valence-electron chi connectivity index (χ0n) is 10.5. The molecule has 19 heavy (non-hydrogen) atoms. The molecule has 3 nitrogen and oxygen atoms in total. The van der Waals surface area contributed by atoms with Crippen molar-refractivity contribution in [2.45, 2.75) is 24.8 Å². The lowest BCUT2D eigenvalue weighted by Crippen LogP contribution is -2.47. The average Bonchev–Trinajstić information content (AvgIpc) is 2.32. The lowest BCUT2D eigenvalue weighted by atomic mass is 10.1. The predicted molar refractivity (Wildman–Crippen MR) is 64.0 cm³/mol. The van der Waals surface area contributed by atoms with Crippen molar-refractivity contribution in [3.63, 3.8) is 0 Å². The van der Waals surface area contributed by atoms with Gasteiger partial charge in [0.15, 0.2) is 0 Å². The van der Waals surface area contributed by atoms with Crippen LogP contribution in [0.3, 0.4) is 0 Å². The third kappa shape index (κ3) is 3.61. The first kappa shape index (κ1) is 14.1. The number of hydrogen-bond donors (Lipinski definition) is 1. The van der Waals surface area contributed by atoms with Crippen LogP contribution in [0.25, 0.3) is 0 Å². The van der Waals surface area contributed by atoms with Gasteiger partial charge in [-0.15, -0.1) is 0 Å². The number of likely N-dealkylation sites (tertiary alicyclic amines) is 1. The molecular formula is C13H16F3NO2. The highest BCUT2D eigenvalue weighted by molar-refractivity contribution is 5.29. The number of aliphatic hydroxyl groups excluding tert-OH is 1. The second-order valence-corrected chi connectivity index (χ2v) is 4.80. The zero-order chi connectivity index (χ0) is 14.0. The Bertz CT molecular complexity index is 419. The Hall–Kier alpha value is -1.27. The maximum atomic E-state index is 12.4. The van der Waals surface area contributed by atoms with Crippen molar-refractivity contribution in [3.8, 4) is 5.75 Å². The van der Waals surface area contributed by atoms with Crippen LogP contribution in [-0.4, -0.2) is 42.4 Å². The molecule has 0 bridgehead atoms. The van der Waals surface area contributed by atoms with E-state index in [0.29, 0.717) is 18.7 Å². The van der Waals surface area contributed by atoms with Gasteiger partial charge in [0, 0.05) is 13.1 Å². The van der Waals surface area contributed by atoms with Crippen molar-refractivity contribution >= 4 is 0 Å². The fourth-order valence-corrected chi connectivity index (χ4v) is 2.10. The second kappa shape index (κ2) is 5.38. The number of aliphatic hydroxyl groups is 1. The van der Waals surface area contributed by atoms with Gasteiger partial charge in [0.1, 0.15) is 18.0 Å². The number of benzene rings is 1. The van der Waals surface area contributed by atoms with Gasteiger partial charge in [0.25, 0.3) is 0 Å². The van der Waals surface area contributed by atoms with Gasteiger partial charge in [-0.3, -0.25) is 0 Å². The first-order valence-electron chi connectivity index (χ1n) is 6.07. The molecule has 1 saturated heterocycles. The van der Waals surface area contributed by atoms with E-state index in [9.17, 15) is 18.3 Å². The molecule has 0 saturated carbocycles. The van der Waals surface area contributed by atoms with Crippen LogP contribution in [0.15, 0.2) is 24.3 Å². The average molecular weight is 275 g/mol. The first-order chi connectivity index (χ1) is 8.86. The van der Waals surface area contributed by atoms with Crippen LogP contribution in [0.4, 0.5) is 13.2 Å². The van der Waals surface area contributed by atoms with Gasteiger partial charge in [-0.05, 0) is 37.7 Å². The SMILES string of the molecule is CN1CC[C@@H](Oc2ccc(C(F)(F)F)cc2)[C@H](O)C1. The Morgan fingerprint density at radius 3 is 2.42 bits per heavy atom. The van der Waals surface area contributed by atoms with Gasteiger partial charge in [0.2, 0.25) is 0 Å². The Balaban J connectivity index is 2.00. The van der Waals surface area contributed by atoms with E-state index < -0.39 is 17.8 Å². The van der Waals surface area contributed by atoms with Crippen molar-refractivity contribution < 1.29 is 23.0 Å². The topological polar surface area (TPSA) is 32.7 Å². The summed E-state index contributed by atoms with van der Waals surface area (Å²) in [4.78, 5) is 1.98. The maximum Gasteiger partial charge on any atom is 0.416 e. The minimum Gasteiger partial charge on any atom is -0.488 e. The molecule has 6 heteroatoms. The van der Waals surface area contributed by atoms with Gasteiger partial charge in [0.05, 0.1) is 5.56 Å². The molecule has 1 aromatic rings. The van der Waals surface area contributed by atoms with E-state index >= 15 is 0 Å². The molecule has 0 radical (unpaired) electrons. The van der Waals surface area contributed by atoms with Crippen LogP contribution in [-0.2, 0) is 6.18 Å². The fraction of sp³-hybridized carbons (Fsp3) is 0.538. The summed E-state index contributed by atoms with van der Waals surface area (Å²) in [5.41, 5.74) is -0.705. The third-order valence-corrected chi connectivity index (χ3v) is 3.19. The second-order valence-electron chi connectivity index (χ2n) is 4.80. The molecule has 1 aliphatic rings. The van der Waals surface area contributed by atoms with Gasteiger partial charge < -0.3 is 14.7 Å². The van der Waals surface area contributed by atoms with Gasteiger partial charge in [-0.2, -0.15) is 13.2 Å². The van der Waals surface area contributed by atoms with Crippen LogP contribution >= 0.6 is 0 Å². The van der Waals surface area contributed by atoms with Crippen molar-refractivity contribution in [1.29, 1.82) is 0 Å². The fourth-order valence-electron chi connectivity index (χ4n) is 2.10. The van der Waals surface area contributed by atoms with Gasteiger partial charge in [-0.1, -0.05) is 0 Å². The molecule has 1 fully saturated rings. The minimum absolute atomic E-state index is 0.349. The maximum absolute atomic E-state index is 12.4. The number of nitrogens with zero attached hydrogens (tertiary/aromatic N) is 1. The van der Waals surface area contributed by atoms with E-state index in [2.05, 4.69) is 0 Å². The van der Waals surface area contributed by atoms with Crippen LogP contribution in [0.2, 0.25) is 0 Å². The summed E-state index contributed by atoms with van der Waals surface area (Å²) in [6, 6.07) is 4.54. The van der Waals surface area contributed by atoms with E-state index in [4.69, 9.17) is 4.74 Å². The van der Waals surface area contributed by atoms with Crippen molar-refractivity contribution in [3.05, 3.63) is 29.8 Å². The molecule has 0 spiro atoms. The van der Waals surface area contributed by atoms with E-state index in [-0.39, 0.29) is 6.10 Å². The third-order valence-electron chi connectivity index (χ3n) is 3.19. The van der Waals surface area contributed by atoms with E-state index in [1.807, 2.05) is 11.9 Å². The molecule has 2 rings (SSSR count). The molecule has 0 amide bonds. The number of β-amino-alcohol motifs (C(OH)–C–C–N with tert-alkyl or cyclic N) is 1. The number of piperidine rings is 1. The van der Waals surface area contributed by atoms with E-state index in [1.54, 1.807) is 0 Å². The molecule has 1 aromatic carbocycles. The Morgan fingerprint density at radius 2 is 1.89 bits per heavy atom. The Kier molecular flexibility index (Phi) is 4.01. The van der Waals surface area contributed by atoms with Crippen LogP contribution in [0, 0.1) is 0 Å². The van der Waals surface area contributed by atoms with E-state index in [0.717, 1.165) is 18.7 Å². The smallest absolute Gasteiger partial charge is 0.416 e. The van der Waals surface area contributed by atoms with Gasteiger partial charge >= 0.3 is 6.18 Å². The highest BCUT2D eigenvalue weighted by Gasteiger charge is 2.31. The number of halogens is 3. The number of alkyl halides is 3. The summed E-state index contributed by atoms with van der Waals surface area (Å²) >= 11 is 0. The summed E-state index contributed by atoms with van der Waals surface area (Å²) in [6.45, 7) is 1.30. The van der Waals surface area contributed by atoms with E-state index in [1.165, 1.54) is 12.1 Å². The first-order valence-corrected chi connectivity index (χ1v) is 6.07. The minimum atomic E-state index is -4.34. The molecule has 1 heterocycles. The molecule has 0 unspecified atom stereocenters. The highest BCUT2D eigenvalue weighted by Crippen LogP contribution is 2.30. The number of rotatable bonds is 2. The number of likely N-dealkylation sites (N-methyl/N-ethyl adjacent to an activating group) is 1. The van der Waals surface area contributed by atoms with Crippen LogP contribution in [0.5, 0.6) is 5.75 Å². The molecule has 2 atom stereocenters. The Labute approximate surface area is 109 Å². The number of ether oxygens (including phenoxy) is 1. The largest absolute Gasteiger partial charge is 0.488 e. The Morgan fingerprint density at radius 1 is 1.26 bits per heavy atom. The molecule has 0 aromatic heterocycles. The molecule has 1 aliphatic heterocycles. The van der Waals surface area contributed by atoms with Crippen LogP contribution in [0.1, 0.15) is 12.0 Å². The molecular weight excluding hydrogens is 259 g/mol.